The molecule has 1 aliphatic heterocycles. The van der Waals surface area contributed by atoms with E-state index in [0.717, 1.165) is 12.8 Å². The number of hydrogen-bond acceptors (Lipinski definition) is 3. The van der Waals surface area contributed by atoms with Crippen molar-refractivity contribution < 1.29 is 14.7 Å². The van der Waals surface area contributed by atoms with Crippen molar-refractivity contribution in [3.05, 3.63) is 0 Å². The Hall–Kier alpha value is -1.30. The molecule has 1 fully saturated rings. The van der Waals surface area contributed by atoms with Crippen LogP contribution in [0.5, 0.6) is 0 Å². The first-order valence-electron chi connectivity index (χ1n) is 7.34. The molecule has 0 aromatic rings. The van der Waals surface area contributed by atoms with E-state index in [1.807, 2.05) is 13.8 Å². The van der Waals surface area contributed by atoms with Gasteiger partial charge in [0.25, 0.3) is 0 Å². The monoisotopic (exact) mass is 285 g/mol. The third-order valence-corrected chi connectivity index (χ3v) is 4.15. The highest BCUT2D eigenvalue weighted by Crippen LogP contribution is 2.22. The van der Waals surface area contributed by atoms with Gasteiger partial charge >= 0.3 is 6.03 Å². The lowest BCUT2D eigenvalue weighted by molar-refractivity contribution is -0.134. The second kappa shape index (κ2) is 6.92. The molecule has 0 aromatic carbocycles. The van der Waals surface area contributed by atoms with E-state index in [9.17, 15) is 14.7 Å². The van der Waals surface area contributed by atoms with Crippen LogP contribution in [0.1, 0.15) is 46.5 Å². The van der Waals surface area contributed by atoms with Gasteiger partial charge in [-0.25, -0.2) is 4.79 Å². The molecule has 4 N–H and O–H groups in total. The van der Waals surface area contributed by atoms with Gasteiger partial charge in [0.05, 0.1) is 5.60 Å². The summed E-state index contributed by atoms with van der Waals surface area (Å²) in [5.74, 6) is -0.0744. The molecule has 0 radical (unpaired) electrons. The summed E-state index contributed by atoms with van der Waals surface area (Å²) in [6.07, 6.45) is 2.79. The second-order valence-corrected chi connectivity index (χ2v) is 6.05. The normalized spacial score (nSPS) is 26.5. The van der Waals surface area contributed by atoms with Crippen molar-refractivity contribution in [3.8, 4) is 0 Å². The van der Waals surface area contributed by atoms with Crippen molar-refractivity contribution in [2.24, 2.45) is 11.7 Å². The number of rotatable bonds is 4. The van der Waals surface area contributed by atoms with Crippen LogP contribution in [-0.2, 0) is 4.79 Å². The van der Waals surface area contributed by atoms with Crippen LogP contribution in [0.3, 0.4) is 0 Å². The highest BCUT2D eigenvalue weighted by Gasteiger charge is 2.32. The SMILES string of the molecule is CCC(C)C(NC(N)=O)C(=O)N1CCCC(C)(O)CC1. The standard InChI is InChI=1S/C14H27N3O3/c1-4-10(2)11(16-13(15)19)12(18)17-8-5-6-14(3,20)7-9-17/h10-11,20H,4-9H2,1-3H3,(H3,15,16,19). The Bertz CT molecular complexity index is 358. The van der Waals surface area contributed by atoms with Crippen LogP contribution in [-0.4, -0.2) is 46.7 Å². The third kappa shape index (κ3) is 4.67. The maximum Gasteiger partial charge on any atom is 0.312 e. The summed E-state index contributed by atoms with van der Waals surface area (Å²) in [6.45, 7) is 6.82. The van der Waals surface area contributed by atoms with E-state index in [2.05, 4.69) is 5.32 Å². The number of amides is 3. The number of likely N-dealkylation sites (tertiary alicyclic amines) is 1. The lowest BCUT2D eigenvalue weighted by atomic mass is 9.97. The minimum absolute atomic E-state index is 0.0266. The predicted octanol–water partition coefficient (Wildman–Crippen LogP) is 0.833. The van der Waals surface area contributed by atoms with E-state index >= 15 is 0 Å². The number of nitrogens with one attached hydrogen (secondary N) is 1. The Labute approximate surface area is 120 Å². The summed E-state index contributed by atoms with van der Waals surface area (Å²) >= 11 is 0. The van der Waals surface area contributed by atoms with Gasteiger partial charge in [-0.2, -0.15) is 0 Å². The van der Waals surface area contributed by atoms with Crippen molar-refractivity contribution in [1.82, 2.24) is 10.2 Å². The van der Waals surface area contributed by atoms with Crippen LogP contribution < -0.4 is 11.1 Å². The molecule has 1 rings (SSSR count). The zero-order valence-electron chi connectivity index (χ0n) is 12.7. The van der Waals surface area contributed by atoms with Gasteiger partial charge in [0, 0.05) is 13.1 Å². The average Bonchev–Trinajstić information content (AvgIpc) is 2.55. The van der Waals surface area contributed by atoms with E-state index in [4.69, 9.17) is 5.73 Å². The quantitative estimate of drug-likeness (QED) is 0.714. The molecule has 0 bridgehead atoms. The lowest BCUT2D eigenvalue weighted by Gasteiger charge is -2.29. The summed E-state index contributed by atoms with van der Waals surface area (Å²) in [4.78, 5) is 25.4. The molecule has 6 nitrogen and oxygen atoms in total. The summed E-state index contributed by atoms with van der Waals surface area (Å²) in [7, 11) is 0. The lowest BCUT2D eigenvalue weighted by Crippen LogP contribution is -2.53. The fourth-order valence-electron chi connectivity index (χ4n) is 2.52. The first kappa shape index (κ1) is 16.8. The smallest absolute Gasteiger partial charge is 0.312 e. The van der Waals surface area contributed by atoms with Crippen molar-refractivity contribution in [2.45, 2.75) is 58.1 Å². The molecule has 3 unspecified atom stereocenters. The first-order valence-corrected chi connectivity index (χ1v) is 7.34. The first-order chi connectivity index (χ1) is 9.26. The molecule has 0 spiro atoms. The van der Waals surface area contributed by atoms with Gasteiger partial charge in [0.15, 0.2) is 0 Å². The Kier molecular flexibility index (Phi) is 5.80. The highest BCUT2D eigenvalue weighted by atomic mass is 16.3. The maximum absolute atomic E-state index is 12.6. The van der Waals surface area contributed by atoms with Gasteiger partial charge in [-0.1, -0.05) is 20.3 Å². The van der Waals surface area contributed by atoms with Crippen molar-refractivity contribution in [1.29, 1.82) is 0 Å². The van der Waals surface area contributed by atoms with E-state index < -0.39 is 17.7 Å². The molecule has 0 aliphatic carbocycles. The van der Waals surface area contributed by atoms with E-state index in [0.29, 0.717) is 25.9 Å². The number of nitrogens with zero attached hydrogens (tertiary/aromatic N) is 1. The number of urea groups is 1. The molecule has 116 valence electrons. The van der Waals surface area contributed by atoms with Gasteiger partial charge in [-0.15, -0.1) is 0 Å². The number of hydrogen-bond donors (Lipinski definition) is 3. The van der Waals surface area contributed by atoms with Crippen LogP contribution in [0, 0.1) is 5.92 Å². The van der Waals surface area contributed by atoms with Gasteiger partial charge < -0.3 is 21.1 Å². The van der Waals surface area contributed by atoms with Crippen molar-refractivity contribution >= 4 is 11.9 Å². The molecule has 1 heterocycles. The number of carbonyl (C=O) groups excluding carboxylic acids is 2. The van der Waals surface area contributed by atoms with Gasteiger partial charge in [0.1, 0.15) is 6.04 Å². The minimum atomic E-state index is -0.710. The fraction of sp³-hybridized carbons (Fsp3) is 0.857. The van der Waals surface area contributed by atoms with Gasteiger partial charge in [-0.05, 0) is 32.1 Å². The molecule has 20 heavy (non-hydrogen) atoms. The van der Waals surface area contributed by atoms with Crippen LogP contribution in [0.15, 0.2) is 0 Å². The van der Waals surface area contributed by atoms with E-state index in [1.165, 1.54) is 0 Å². The van der Waals surface area contributed by atoms with E-state index in [-0.39, 0.29) is 11.8 Å². The van der Waals surface area contributed by atoms with Crippen LogP contribution >= 0.6 is 0 Å². The molecule has 1 saturated heterocycles. The van der Waals surface area contributed by atoms with Crippen molar-refractivity contribution in [3.63, 3.8) is 0 Å². The van der Waals surface area contributed by atoms with E-state index in [1.54, 1.807) is 11.8 Å². The predicted molar refractivity (Wildman–Crippen MR) is 77.0 cm³/mol. The molecule has 3 atom stereocenters. The Morgan fingerprint density at radius 3 is 2.60 bits per heavy atom. The summed E-state index contributed by atoms with van der Waals surface area (Å²) in [5, 5.41) is 12.6. The minimum Gasteiger partial charge on any atom is -0.390 e. The van der Waals surface area contributed by atoms with Crippen LogP contribution in [0.25, 0.3) is 0 Å². The maximum atomic E-state index is 12.6. The third-order valence-electron chi connectivity index (χ3n) is 4.15. The Morgan fingerprint density at radius 1 is 1.40 bits per heavy atom. The zero-order chi connectivity index (χ0) is 15.3. The molecule has 3 amide bonds. The van der Waals surface area contributed by atoms with Crippen LogP contribution in [0.4, 0.5) is 4.79 Å². The summed E-state index contributed by atoms with van der Waals surface area (Å²) in [5.41, 5.74) is 4.46. The van der Waals surface area contributed by atoms with Crippen LogP contribution in [0.2, 0.25) is 0 Å². The number of carbonyl (C=O) groups is 2. The summed E-state index contributed by atoms with van der Waals surface area (Å²) in [6, 6.07) is -1.26. The number of aliphatic hydroxyl groups is 1. The molecular weight excluding hydrogens is 258 g/mol. The number of primary amides is 1. The second-order valence-electron chi connectivity index (χ2n) is 6.05. The molecular formula is C14H27N3O3. The average molecular weight is 285 g/mol. The Balaban J connectivity index is 2.75. The largest absolute Gasteiger partial charge is 0.390 e. The zero-order valence-corrected chi connectivity index (χ0v) is 12.7. The van der Waals surface area contributed by atoms with Gasteiger partial charge in [0.2, 0.25) is 5.91 Å². The molecule has 1 aliphatic rings. The van der Waals surface area contributed by atoms with Crippen molar-refractivity contribution in [2.75, 3.05) is 13.1 Å². The molecule has 0 saturated carbocycles. The fourth-order valence-corrected chi connectivity index (χ4v) is 2.52. The topological polar surface area (TPSA) is 95.7 Å². The number of nitrogens with two attached hydrogens (primary N) is 1. The molecule has 6 heteroatoms. The highest BCUT2D eigenvalue weighted by molar-refractivity contribution is 5.86. The Morgan fingerprint density at radius 2 is 2.05 bits per heavy atom. The van der Waals surface area contributed by atoms with Gasteiger partial charge in [-0.3, -0.25) is 4.79 Å². The summed E-state index contributed by atoms with van der Waals surface area (Å²) < 4.78 is 0. The molecule has 0 aromatic heterocycles.